The number of benzene rings is 1. The first-order chi connectivity index (χ1) is 11.9. The van der Waals surface area contributed by atoms with Gasteiger partial charge in [0.15, 0.2) is 11.5 Å². The molecule has 126 valence electrons. The molecule has 0 bridgehead atoms. The fraction of sp³-hybridized carbons (Fsp3) is 0.0588. The van der Waals surface area contributed by atoms with Crippen LogP contribution in [-0.2, 0) is 0 Å². The second kappa shape index (κ2) is 6.08. The van der Waals surface area contributed by atoms with Gasteiger partial charge in [-0.05, 0) is 36.8 Å². The first-order valence-corrected chi connectivity index (χ1v) is 7.36. The third-order valence-corrected chi connectivity index (χ3v) is 3.70. The lowest BCUT2D eigenvalue weighted by Crippen LogP contribution is -2.18. The van der Waals surface area contributed by atoms with Gasteiger partial charge in [0.2, 0.25) is 0 Å². The Bertz CT molecular complexity index is 970. The third-order valence-electron chi connectivity index (χ3n) is 3.70. The normalized spacial score (nSPS) is 10.6. The Morgan fingerprint density at radius 1 is 1.12 bits per heavy atom. The van der Waals surface area contributed by atoms with E-state index in [2.05, 4.69) is 15.0 Å². The molecule has 1 aromatic carbocycles. The van der Waals surface area contributed by atoms with Crippen LogP contribution in [-0.4, -0.2) is 26.0 Å². The molecule has 0 saturated heterocycles. The van der Waals surface area contributed by atoms with Crippen LogP contribution in [0.5, 0.6) is 5.75 Å². The van der Waals surface area contributed by atoms with Crippen LogP contribution in [0.15, 0.2) is 36.5 Å². The molecule has 7 N–H and O–H groups in total. The molecule has 2 aromatic heterocycles. The van der Waals surface area contributed by atoms with Crippen molar-refractivity contribution in [2.75, 3.05) is 11.5 Å². The van der Waals surface area contributed by atoms with E-state index in [4.69, 9.17) is 17.2 Å². The Kier molecular flexibility index (Phi) is 3.94. The monoisotopic (exact) mass is 336 g/mol. The number of nitrogen functional groups attached to an aromatic ring is 2. The van der Waals surface area contributed by atoms with E-state index in [1.54, 1.807) is 24.3 Å². The lowest BCUT2D eigenvalue weighted by atomic mass is 10.0. The van der Waals surface area contributed by atoms with Crippen LogP contribution >= 0.6 is 0 Å². The lowest BCUT2D eigenvalue weighted by molar-refractivity contribution is 0.0996. The number of carbonyl (C=O) groups excluding carboxylic acids is 1. The summed E-state index contributed by atoms with van der Waals surface area (Å²) in [6.07, 6.45) is 1.49. The number of aromatic nitrogens is 3. The largest absolute Gasteiger partial charge is 0.508 e. The topological polar surface area (TPSA) is 154 Å². The van der Waals surface area contributed by atoms with Gasteiger partial charge >= 0.3 is 0 Å². The quantitative estimate of drug-likeness (QED) is 0.564. The van der Waals surface area contributed by atoms with Gasteiger partial charge in [-0.2, -0.15) is 0 Å². The van der Waals surface area contributed by atoms with E-state index in [-0.39, 0.29) is 23.0 Å². The van der Waals surface area contributed by atoms with Gasteiger partial charge < -0.3 is 22.3 Å². The van der Waals surface area contributed by atoms with E-state index >= 15 is 0 Å². The number of pyridine rings is 1. The SMILES string of the molecule is Cc1ccc(O)cc1-c1nc(-c2ccc(N)nc2)nc(C(N)=O)c1N. The number of aryl methyl sites for hydroxylation is 1. The van der Waals surface area contributed by atoms with E-state index in [9.17, 15) is 9.90 Å². The first kappa shape index (κ1) is 16.2. The summed E-state index contributed by atoms with van der Waals surface area (Å²) < 4.78 is 0. The molecule has 8 heteroatoms. The number of phenolic OH excluding ortho intramolecular Hbond substituents is 1. The average molecular weight is 336 g/mol. The zero-order valence-corrected chi connectivity index (χ0v) is 13.4. The second-order valence-electron chi connectivity index (χ2n) is 5.49. The zero-order chi connectivity index (χ0) is 18.1. The van der Waals surface area contributed by atoms with Crippen molar-refractivity contribution < 1.29 is 9.90 Å². The molecule has 8 nitrogen and oxygen atoms in total. The molecule has 0 spiro atoms. The number of nitrogens with two attached hydrogens (primary N) is 3. The summed E-state index contributed by atoms with van der Waals surface area (Å²) in [5.74, 6) is -0.148. The summed E-state index contributed by atoms with van der Waals surface area (Å²) in [7, 11) is 0. The van der Waals surface area contributed by atoms with Gasteiger partial charge in [-0.3, -0.25) is 4.79 Å². The molecule has 2 heterocycles. The molecule has 0 saturated carbocycles. The Morgan fingerprint density at radius 2 is 1.88 bits per heavy atom. The van der Waals surface area contributed by atoms with Crippen molar-refractivity contribution >= 4 is 17.4 Å². The van der Waals surface area contributed by atoms with Crippen molar-refractivity contribution in [3.05, 3.63) is 47.8 Å². The Labute approximate surface area is 143 Å². The fourth-order valence-corrected chi connectivity index (χ4v) is 2.39. The molecule has 3 rings (SSSR count). The lowest BCUT2D eigenvalue weighted by Gasteiger charge is -2.13. The van der Waals surface area contributed by atoms with Gasteiger partial charge in [0.05, 0.1) is 11.4 Å². The molecular weight excluding hydrogens is 320 g/mol. The van der Waals surface area contributed by atoms with Crippen molar-refractivity contribution in [1.29, 1.82) is 0 Å². The Hall–Kier alpha value is -3.68. The summed E-state index contributed by atoms with van der Waals surface area (Å²) in [6.45, 7) is 1.84. The van der Waals surface area contributed by atoms with Gasteiger partial charge in [0.1, 0.15) is 11.6 Å². The maximum atomic E-state index is 11.8. The smallest absolute Gasteiger partial charge is 0.269 e. The van der Waals surface area contributed by atoms with Crippen molar-refractivity contribution in [3.8, 4) is 28.4 Å². The number of primary amides is 1. The highest BCUT2D eigenvalue weighted by Crippen LogP contribution is 2.32. The average Bonchev–Trinajstić information content (AvgIpc) is 2.58. The van der Waals surface area contributed by atoms with E-state index < -0.39 is 5.91 Å². The highest BCUT2D eigenvalue weighted by Gasteiger charge is 2.19. The highest BCUT2D eigenvalue weighted by atomic mass is 16.3. The first-order valence-electron chi connectivity index (χ1n) is 7.36. The van der Waals surface area contributed by atoms with E-state index in [1.807, 2.05) is 6.92 Å². The van der Waals surface area contributed by atoms with Crippen LogP contribution < -0.4 is 17.2 Å². The number of aromatic hydroxyl groups is 1. The number of nitrogens with zero attached hydrogens (tertiary/aromatic N) is 3. The van der Waals surface area contributed by atoms with Gasteiger partial charge in [-0.15, -0.1) is 0 Å². The Morgan fingerprint density at radius 3 is 2.52 bits per heavy atom. The summed E-state index contributed by atoms with van der Waals surface area (Å²) in [5.41, 5.74) is 19.3. The Balaban J connectivity index is 2.29. The second-order valence-corrected chi connectivity index (χ2v) is 5.49. The predicted octanol–water partition coefficient (Wildman–Crippen LogP) is 1.48. The van der Waals surface area contributed by atoms with Crippen LogP contribution in [0.3, 0.4) is 0 Å². The van der Waals surface area contributed by atoms with Crippen LogP contribution in [0.25, 0.3) is 22.6 Å². The van der Waals surface area contributed by atoms with Gasteiger partial charge in [-0.1, -0.05) is 6.07 Å². The minimum atomic E-state index is -0.774. The summed E-state index contributed by atoms with van der Waals surface area (Å²) >= 11 is 0. The maximum absolute atomic E-state index is 11.8. The molecule has 0 radical (unpaired) electrons. The molecule has 0 aliphatic carbocycles. The third kappa shape index (κ3) is 3.05. The number of hydrogen-bond acceptors (Lipinski definition) is 7. The molecule has 0 aliphatic heterocycles. The molecule has 0 fully saturated rings. The zero-order valence-electron chi connectivity index (χ0n) is 13.4. The van der Waals surface area contributed by atoms with Gasteiger partial charge in [0, 0.05) is 17.3 Å². The molecule has 0 atom stereocenters. The fourth-order valence-electron chi connectivity index (χ4n) is 2.39. The predicted molar refractivity (Wildman–Crippen MR) is 94.4 cm³/mol. The highest BCUT2D eigenvalue weighted by molar-refractivity contribution is 5.99. The van der Waals surface area contributed by atoms with Crippen molar-refractivity contribution in [1.82, 2.24) is 15.0 Å². The number of hydrogen-bond donors (Lipinski definition) is 4. The van der Waals surface area contributed by atoms with E-state index in [0.29, 0.717) is 22.6 Å². The van der Waals surface area contributed by atoms with Crippen LogP contribution in [0.2, 0.25) is 0 Å². The number of amides is 1. The number of phenols is 1. The molecule has 1 amide bonds. The van der Waals surface area contributed by atoms with Crippen molar-refractivity contribution in [2.24, 2.45) is 5.73 Å². The van der Waals surface area contributed by atoms with Gasteiger partial charge in [-0.25, -0.2) is 15.0 Å². The summed E-state index contributed by atoms with van der Waals surface area (Å²) in [5, 5.41) is 9.79. The van der Waals surface area contributed by atoms with Crippen molar-refractivity contribution in [3.63, 3.8) is 0 Å². The molecule has 25 heavy (non-hydrogen) atoms. The molecule has 3 aromatic rings. The summed E-state index contributed by atoms with van der Waals surface area (Å²) in [4.78, 5) is 24.4. The molecular formula is C17H16N6O2. The van der Waals surface area contributed by atoms with E-state index in [0.717, 1.165) is 5.56 Å². The number of carbonyl (C=O) groups is 1. The summed E-state index contributed by atoms with van der Waals surface area (Å²) in [6, 6.07) is 8.07. The van der Waals surface area contributed by atoms with E-state index in [1.165, 1.54) is 12.3 Å². The number of rotatable bonds is 3. The molecule has 0 aliphatic rings. The minimum Gasteiger partial charge on any atom is -0.508 e. The maximum Gasteiger partial charge on any atom is 0.269 e. The van der Waals surface area contributed by atoms with Gasteiger partial charge in [0.25, 0.3) is 5.91 Å². The molecule has 0 unspecified atom stereocenters. The van der Waals surface area contributed by atoms with Crippen LogP contribution in [0.4, 0.5) is 11.5 Å². The standard InChI is InChI=1S/C17H16N6O2/c1-8-2-4-10(24)6-11(8)14-13(19)15(16(20)25)23-17(22-14)9-3-5-12(18)21-7-9/h2-7,24H,19H2,1H3,(H2,18,21)(H2,20,25). The minimum absolute atomic E-state index is 0.0494. The van der Waals surface area contributed by atoms with Crippen LogP contribution in [0, 0.1) is 6.92 Å². The number of anilines is 2. The van der Waals surface area contributed by atoms with Crippen LogP contribution in [0.1, 0.15) is 16.1 Å². The van der Waals surface area contributed by atoms with Crippen molar-refractivity contribution in [2.45, 2.75) is 6.92 Å².